The molecule has 18 heavy (non-hydrogen) atoms. The van der Waals surface area contributed by atoms with E-state index < -0.39 is 0 Å². The Morgan fingerprint density at radius 3 is 2.50 bits per heavy atom. The van der Waals surface area contributed by atoms with Gasteiger partial charge in [-0.1, -0.05) is 33.1 Å². The van der Waals surface area contributed by atoms with E-state index in [0.717, 1.165) is 12.8 Å². The maximum atomic E-state index is 12.1. The van der Waals surface area contributed by atoms with Crippen molar-refractivity contribution in [3.63, 3.8) is 0 Å². The molecule has 0 radical (unpaired) electrons. The van der Waals surface area contributed by atoms with Gasteiger partial charge in [-0.05, 0) is 24.7 Å². The fraction of sp³-hybridized carbons (Fsp3) is 0.857. The Kier molecular flexibility index (Phi) is 4.25. The fourth-order valence-corrected chi connectivity index (χ4v) is 3.19. The van der Waals surface area contributed by atoms with Crippen LogP contribution in [0.4, 0.5) is 0 Å². The highest BCUT2D eigenvalue weighted by Gasteiger charge is 2.40. The van der Waals surface area contributed by atoms with Crippen molar-refractivity contribution in [2.75, 3.05) is 13.1 Å². The van der Waals surface area contributed by atoms with Crippen LogP contribution in [-0.2, 0) is 9.59 Å². The lowest BCUT2D eigenvalue weighted by Crippen LogP contribution is -2.61. The Labute approximate surface area is 109 Å². The number of hydrogen-bond acceptors (Lipinski definition) is 2. The smallest absolute Gasteiger partial charge is 0.243 e. The van der Waals surface area contributed by atoms with Crippen molar-refractivity contribution in [2.45, 2.75) is 52.0 Å². The van der Waals surface area contributed by atoms with Gasteiger partial charge in [-0.3, -0.25) is 9.59 Å². The maximum Gasteiger partial charge on any atom is 0.243 e. The van der Waals surface area contributed by atoms with Gasteiger partial charge in [0.05, 0.1) is 6.54 Å². The van der Waals surface area contributed by atoms with E-state index >= 15 is 0 Å². The summed E-state index contributed by atoms with van der Waals surface area (Å²) in [4.78, 5) is 26.0. The molecule has 4 heteroatoms. The number of nitrogens with one attached hydrogen (secondary N) is 1. The summed E-state index contributed by atoms with van der Waals surface area (Å²) in [5, 5.41) is 2.75. The highest BCUT2D eigenvalue weighted by atomic mass is 16.2. The van der Waals surface area contributed by atoms with Crippen LogP contribution in [0.2, 0.25) is 0 Å². The molecule has 0 aromatic carbocycles. The van der Waals surface area contributed by atoms with Gasteiger partial charge in [-0.25, -0.2) is 0 Å². The highest BCUT2D eigenvalue weighted by Crippen LogP contribution is 2.30. The van der Waals surface area contributed by atoms with Gasteiger partial charge in [0.1, 0.15) is 6.04 Å². The molecule has 4 nitrogen and oxygen atoms in total. The highest BCUT2D eigenvalue weighted by molar-refractivity contribution is 5.95. The van der Waals surface area contributed by atoms with Crippen LogP contribution in [0.1, 0.15) is 46.0 Å². The molecule has 1 aliphatic heterocycles. The van der Waals surface area contributed by atoms with Crippen LogP contribution in [0.25, 0.3) is 0 Å². The van der Waals surface area contributed by atoms with Crippen molar-refractivity contribution < 1.29 is 9.59 Å². The second-order valence-corrected chi connectivity index (χ2v) is 6.00. The van der Waals surface area contributed by atoms with Crippen LogP contribution in [0.5, 0.6) is 0 Å². The Bertz CT molecular complexity index is 322. The predicted molar refractivity (Wildman–Crippen MR) is 69.9 cm³/mol. The first-order valence-electron chi connectivity index (χ1n) is 7.16. The third kappa shape index (κ3) is 2.85. The number of nitrogens with zero attached hydrogens (tertiary/aromatic N) is 1. The number of hydrogen-bond donors (Lipinski definition) is 1. The molecule has 2 fully saturated rings. The monoisotopic (exact) mass is 252 g/mol. The van der Waals surface area contributed by atoms with E-state index in [4.69, 9.17) is 0 Å². The summed E-state index contributed by atoms with van der Waals surface area (Å²) >= 11 is 0. The number of carbonyl (C=O) groups is 2. The van der Waals surface area contributed by atoms with E-state index in [1.165, 1.54) is 19.3 Å². The quantitative estimate of drug-likeness (QED) is 0.828. The van der Waals surface area contributed by atoms with E-state index in [9.17, 15) is 9.59 Å². The van der Waals surface area contributed by atoms with Gasteiger partial charge >= 0.3 is 0 Å². The molecule has 1 atom stereocenters. The molecule has 0 bridgehead atoms. The Hall–Kier alpha value is -1.06. The third-order valence-corrected chi connectivity index (χ3v) is 4.00. The molecule has 2 rings (SSSR count). The molecule has 1 unspecified atom stereocenters. The molecular formula is C14H24N2O2. The first kappa shape index (κ1) is 13.4. The second kappa shape index (κ2) is 5.72. The average molecular weight is 252 g/mol. The fourth-order valence-electron chi connectivity index (χ4n) is 3.19. The zero-order valence-electron chi connectivity index (χ0n) is 11.4. The normalized spacial score (nSPS) is 26.6. The van der Waals surface area contributed by atoms with Crippen molar-refractivity contribution >= 4 is 11.8 Å². The zero-order valence-corrected chi connectivity index (χ0v) is 11.4. The molecule has 1 aliphatic carbocycles. The SMILES string of the molecule is CC(C)CN1C(=O)CNC(=O)C1C1CCCCC1. The average Bonchev–Trinajstić information content (AvgIpc) is 2.35. The maximum absolute atomic E-state index is 12.1. The minimum absolute atomic E-state index is 0.0575. The number of rotatable bonds is 3. The second-order valence-electron chi connectivity index (χ2n) is 6.00. The van der Waals surface area contributed by atoms with Gasteiger partial charge in [0.2, 0.25) is 11.8 Å². The standard InChI is InChI=1S/C14H24N2O2/c1-10(2)9-16-12(17)8-15-14(18)13(16)11-6-4-3-5-7-11/h10-11,13H,3-9H2,1-2H3,(H,15,18). The minimum Gasteiger partial charge on any atom is -0.345 e. The van der Waals surface area contributed by atoms with Gasteiger partial charge in [0, 0.05) is 6.54 Å². The summed E-state index contributed by atoms with van der Waals surface area (Å²) in [7, 11) is 0. The van der Waals surface area contributed by atoms with E-state index in [2.05, 4.69) is 19.2 Å². The molecule has 2 aliphatic rings. The van der Waals surface area contributed by atoms with Crippen LogP contribution < -0.4 is 5.32 Å². The molecule has 0 aromatic rings. The van der Waals surface area contributed by atoms with E-state index in [1.54, 1.807) is 0 Å². The molecule has 2 amide bonds. The largest absolute Gasteiger partial charge is 0.345 e. The van der Waals surface area contributed by atoms with Crippen LogP contribution in [-0.4, -0.2) is 35.8 Å². The van der Waals surface area contributed by atoms with Crippen LogP contribution in [0.3, 0.4) is 0 Å². The van der Waals surface area contributed by atoms with Crippen molar-refractivity contribution in [3.05, 3.63) is 0 Å². The van der Waals surface area contributed by atoms with Crippen LogP contribution in [0.15, 0.2) is 0 Å². The minimum atomic E-state index is -0.214. The lowest BCUT2D eigenvalue weighted by atomic mass is 9.82. The summed E-state index contributed by atoms with van der Waals surface area (Å²) in [6, 6.07) is -0.214. The predicted octanol–water partition coefficient (Wildman–Crippen LogP) is 1.55. The zero-order chi connectivity index (χ0) is 13.1. The van der Waals surface area contributed by atoms with Crippen molar-refractivity contribution in [1.29, 1.82) is 0 Å². The number of amides is 2. The Balaban J connectivity index is 2.13. The molecule has 0 spiro atoms. The summed E-state index contributed by atoms with van der Waals surface area (Å²) in [6.07, 6.45) is 5.82. The summed E-state index contributed by atoms with van der Waals surface area (Å²) in [5.74, 6) is 0.911. The molecular weight excluding hydrogens is 228 g/mol. The Morgan fingerprint density at radius 2 is 1.89 bits per heavy atom. The number of carbonyl (C=O) groups excluding carboxylic acids is 2. The lowest BCUT2D eigenvalue weighted by Gasteiger charge is -2.41. The van der Waals surface area contributed by atoms with Crippen molar-refractivity contribution in [2.24, 2.45) is 11.8 Å². The Morgan fingerprint density at radius 1 is 1.22 bits per heavy atom. The first-order chi connectivity index (χ1) is 8.59. The van der Waals surface area contributed by atoms with Gasteiger partial charge in [-0.15, -0.1) is 0 Å². The van der Waals surface area contributed by atoms with Crippen LogP contribution >= 0.6 is 0 Å². The lowest BCUT2D eigenvalue weighted by molar-refractivity contribution is -0.149. The first-order valence-corrected chi connectivity index (χ1v) is 7.16. The summed E-state index contributed by atoms with van der Waals surface area (Å²) in [5.41, 5.74) is 0. The number of piperazine rings is 1. The summed E-state index contributed by atoms with van der Waals surface area (Å²) in [6.45, 7) is 5.07. The molecule has 1 saturated heterocycles. The molecule has 1 heterocycles. The molecule has 1 saturated carbocycles. The molecule has 0 aromatic heterocycles. The molecule has 102 valence electrons. The topological polar surface area (TPSA) is 49.4 Å². The van der Waals surface area contributed by atoms with Crippen LogP contribution in [0, 0.1) is 11.8 Å². The van der Waals surface area contributed by atoms with Crippen molar-refractivity contribution in [3.8, 4) is 0 Å². The van der Waals surface area contributed by atoms with E-state index in [-0.39, 0.29) is 24.4 Å². The van der Waals surface area contributed by atoms with Gasteiger partial charge in [0.25, 0.3) is 0 Å². The third-order valence-electron chi connectivity index (χ3n) is 4.00. The summed E-state index contributed by atoms with van der Waals surface area (Å²) < 4.78 is 0. The van der Waals surface area contributed by atoms with Gasteiger partial charge < -0.3 is 10.2 Å². The van der Waals surface area contributed by atoms with E-state index in [0.29, 0.717) is 18.4 Å². The molecule has 1 N–H and O–H groups in total. The van der Waals surface area contributed by atoms with E-state index in [1.807, 2.05) is 4.90 Å². The van der Waals surface area contributed by atoms with Gasteiger partial charge in [-0.2, -0.15) is 0 Å². The van der Waals surface area contributed by atoms with Crippen molar-refractivity contribution in [1.82, 2.24) is 10.2 Å². The van der Waals surface area contributed by atoms with Gasteiger partial charge in [0.15, 0.2) is 0 Å².